The summed E-state index contributed by atoms with van der Waals surface area (Å²) in [4.78, 5) is 23.4. The van der Waals surface area contributed by atoms with Gasteiger partial charge >= 0.3 is 0 Å². The maximum absolute atomic E-state index is 11.7. The zero-order chi connectivity index (χ0) is 23.0. The van der Waals surface area contributed by atoms with Crippen molar-refractivity contribution >= 4 is 41.7 Å². The Morgan fingerprint density at radius 1 is 1.30 bits per heavy atom. The summed E-state index contributed by atoms with van der Waals surface area (Å²) in [6, 6.07) is 4.04. The zero-order valence-corrected chi connectivity index (χ0v) is 22.9. The van der Waals surface area contributed by atoms with E-state index < -0.39 is 0 Å². The lowest BCUT2D eigenvalue weighted by Gasteiger charge is -2.33. The Morgan fingerprint density at radius 3 is 2.73 bits per heavy atom. The number of hydrogen-bond acceptors (Lipinski definition) is 4. The Labute approximate surface area is 216 Å². The molecule has 0 radical (unpaired) electrons. The molecule has 186 valence electrons. The van der Waals surface area contributed by atoms with Gasteiger partial charge in [-0.3, -0.25) is 4.79 Å². The number of halogens is 1. The highest BCUT2D eigenvalue weighted by molar-refractivity contribution is 14.0. The van der Waals surface area contributed by atoms with Crippen molar-refractivity contribution in [2.45, 2.75) is 72.3 Å². The summed E-state index contributed by atoms with van der Waals surface area (Å²) in [5.74, 6) is 2.17. The van der Waals surface area contributed by atoms with E-state index in [0.717, 1.165) is 49.8 Å². The maximum Gasteiger partial charge on any atom is 0.222 e. The van der Waals surface area contributed by atoms with Gasteiger partial charge < -0.3 is 21.3 Å². The molecule has 1 aliphatic heterocycles. The van der Waals surface area contributed by atoms with Gasteiger partial charge in [-0.05, 0) is 56.4 Å². The Morgan fingerprint density at radius 2 is 2.06 bits per heavy atom. The Balaban J connectivity index is 0.00000385. The van der Waals surface area contributed by atoms with E-state index in [1.165, 1.54) is 32.1 Å². The van der Waals surface area contributed by atoms with E-state index in [4.69, 9.17) is 10.7 Å². The minimum atomic E-state index is -0.217. The number of rotatable bonds is 9. The summed E-state index contributed by atoms with van der Waals surface area (Å²) in [5, 5.41) is 7.06. The Kier molecular flexibility index (Phi) is 11.2. The molecule has 1 atom stereocenters. The third kappa shape index (κ3) is 8.00. The summed E-state index contributed by atoms with van der Waals surface area (Å²) in [6.07, 6.45) is 10.2. The van der Waals surface area contributed by atoms with Crippen LogP contribution in [-0.2, 0) is 11.3 Å². The van der Waals surface area contributed by atoms with Crippen molar-refractivity contribution in [2.75, 3.05) is 31.1 Å². The molecule has 4 N–H and O–H groups in total. The Bertz CT molecular complexity index is 778. The molecule has 1 aromatic heterocycles. The number of carbonyl (C=O) groups is 1. The quantitative estimate of drug-likeness (QED) is 0.237. The highest BCUT2D eigenvalue weighted by Crippen LogP contribution is 2.42. The predicted octanol–water partition coefficient (Wildman–Crippen LogP) is 4.06. The van der Waals surface area contributed by atoms with Gasteiger partial charge in [0.15, 0.2) is 5.96 Å². The van der Waals surface area contributed by atoms with Crippen LogP contribution in [0.2, 0.25) is 0 Å². The molecule has 0 aromatic carbocycles. The van der Waals surface area contributed by atoms with Gasteiger partial charge in [-0.15, -0.1) is 24.0 Å². The number of aliphatic imine (C=N–C) groups is 1. The van der Waals surface area contributed by atoms with E-state index in [-0.39, 0.29) is 35.8 Å². The summed E-state index contributed by atoms with van der Waals surface area (Å²) < 4.78 is 0. The number of nitrogens with zero attached hydrogens (tertiary/aromatic N) is 3. The molecule has 1 saturated carbocycles. The second-order valence-corrected chi connectivity index (χ2v) is 10.0. The largest absolute Gasteiger partial charge is 0.369 e. The summed E-state index contributed by atoms with van der Waals surface area (Å²) in [5.41, 5.74) is 7.05. The van der Waals surface area contributed by atoms with E-state index in [1.54, 1.807) is 0 Å². The van der Waals surface area contributed by atoms with Crippen LogP contribution in [0.5, 0.6) is 0 Å². The number of nitrogens with two attached hydrogens (primary N) is 1. The third-order valence-corrected chi connectivity index (χ3v) is 6.88. The van der Waals surface area contributed by atoms with E-state index in [0.29, 0.717) is 24.4 Å². The number of pyridine rings is 1. The molecule has 2 heterocycles. The Hall–Kier alpha value is -1.58. The lowest BCUT2D eigenvalue weighted by molar-refractivity contribution is -0.122. The minimum Gasteiger partial charge on any atom is -0.369 e. The molecular formula is C25H43IN6O. The lowest BCUT2D eigenvalue weighted by atomic mass is 9.78. The van der Waals surface area contributed by atoms with Gasteiger partial charge in [0, 0.05) is 37.9 Å². The van der Waals surface area contributed by atoms with Crippen LogP contribution >= 0.6 is 24.0 Å². The van der Waals surface area contributed by atoms with Crippen LogP contribution in [0.4, 0.5) is 5.82 Å². The topological polar surface area (TPSA) is 95.6 Å². The number of anilines is 1. The molecule has 3 rings (SSSR count). The molecule has 1 aromatic rings. The van der Waals surface area contributed by atoms with E-state index >= 15 is 0 Å². The number of guanidine groups is 1. The van der Waals surface area contributed by atoms with Crippen LogP contribution in [0, 0.1) is 17.3 Å². The summed E-state index contributed by atoms with van der Waals surface area (Å²) >= 11 is 0. The summed E-state index contributed by atoms with van der Waals surface area (Å²) in [6.45, 7) is 10.6. The van der Waals surface area contributed by atoms with Gasteiger partial charge in [-0.25, -0.2) is 9.98 Å². The molecule has 1 unspecified atom stereocenters. The van der Waals surface area contributed by atoms with Crippen LogP contribution in [0.25, 0.3) is 0 Å². The number of piperidine rings is 1. The fourth-order valence-corrected chi connectivity index (χ4v) is 5.46. The van der Waals surface area contributed by atoms with Crippen LogP contribution in [-0.4, -0.2) is 43.0 Å². The molecule has 33 heavy (non-hydrogen) atoms. The molecule has 1 aliphatic carbocycles. The number of amides is 1. The normalized spacial score (nSPS) is 20.4. The lowest BCUT2D eigenvalue weighted by Crippen LogP contribution is -2.43. The number of primary amides is 1. The first kappa shape index (κ1) is 27.7. The first-order valence-electron chi connectivity index (χ1n) is 12.4. The zero-order valence-electron chi connectivity index (χ0n) is 20.6. The predicted molar refractivity (Wildman–Crippen MR) is 147 cm³/mol. The second-order valence-electron chi connectivity index (χ2n) is 10.0. The molecule has 1 amide bonds. The monoisotopic (exact) mass is 570 g/mol. The fourth-order valence-electron chi connectivity index (χ4n) is 5.46. The highest BCUT2D eigenvalue weighted by Gasteiger charge is 2.34. The smallest absolute Gasteiger partial charge is 0.222 e. The van der Waals surface area contributed by atoms with E-state index in [2.05, 4.69) is 47.4 Å². The minimum absolute atomic E-state index is 0. The molecular weight excluding hydrogens is 527 g/mol. The molecule has 1 saturated heterocycles. The van der Waals surface area contributed by atoms with Crippen molar-refractivity contribution in [2.24, 2.45) is 28.0 Å². The van der Waals surface area contributed by atoms with Crippen molar-refractivity contribution < 1.29 is 4.79 Å². The molecule has 8 heteroatoms. The van der Waals surface area contributed by atoms with Gasteiger partial charge in [-0.1, -0.05) is 32.8 Å². The van der Waals surface area contributed by atoms with Crippen LogP contribution in [0.15, 0.2) is 23.3 Å². The molecule has 2 aliphatic rings. The van der Waals surface area contributed by atoms with Crippen LogP contribution in [0.3, 0.4) is 0 Å². The van der Waals surface area contributed by atoms with Gasteiger partial charge in [-0.2, -0.15) is 0 Å². The maximum atomic E-state index is 11.7. The first-order valence-corrected chi connectivity index (χ1v) is 12.4. The highest BCUT2D eigenvalue weighted by atomic mass is 127. The molecule has 0 bridgehead atoms. The third-order valence-electron chi connectivity index (χ3n) is 6.88. The van der Waals surface area contributed by atoms with Crippen LogP contribution < -0.4 is 21.3 Å². The van der Waals surface area contributed by atoms with Gasteiger partial charge in [0.25, 0.3) is 0 Å². The SMILES string of the molecule is CCNC(=NCc1cccnc1N1CCCC(C(N)=O)C1)NCC1(CC(C)C)CCCC1.I. The van der Waals surface area contributed by atoms with Crippen LogP contribution in [0.1, 0.15) is 71.3 Å². The fraction of sp³-hybridized carbons (Fsp3) is 0.720. The van der Waals surface area contributed by atoms with Gasteiger partial charge in [0.2, 0.25) is 5.91 Å². The number of hydrogen-bond donors (Lipinski definition) is 3. The van der Waals surface area contributed by atoms with Crippen molar-refractivity contribution in [1.82, 2.24) is 15.6 Å². The van der Waals surface area contributed by atoms with Crippen molar-refractivity contribution in [3.05, 3.63) is 23.9 Å². The van der Waals surface area contributed by atoms with Gasteiger partial charge in [0.1, 0.15) is 5.82 Å². The average molecular weight is 571 g/mol. The molecule has 7 nitrogen and oxygen atoms in total. The van der Waals surface area contributed by atoms with Crippen molar-refractivity contribution in [3.8, 4) is 0 Å². The summed E-state index contributed by atoms with van der Waals surface area (Å²) in [7, 11) is 0. The molecule has 0 spiro atoms. The number of carbonyl (C=O) groups excluding carboxylic acids is 1. The molecule has 2 fully saturated rings. The van der Waals surface area contributed by atoms with Gasteiger partial charge in [0.05, 0.1) is 12.5 Å². The first-order chi connectivity index (χ1) is 15.4. The standard InChI is InChI=1S/C25H42N6O.HI/c1-4-27-24(30-18-25(15-19(2)3)11-5-6-12-25)29-16-20-9-7-13-28-23(20)31-14-8-10-21(17-31)22(26)32;/h7,9,13,19,21H,4-6,8,10-12,14-18H2,1-3H3,(H2,26,32)(H2,27,29,30);1H. The van der Waals surface area contributed by atoms with E-state index in [1.807, 2.05) is 12.3 Å². The second kappa shape index (κ2) is 13.3. The van der Waals surface area contributed by atoms with Crippen molar-refractivity contribution in [1.29, 1.82) is 0 Å². The number of aromatic nitrogens is 1. The number of nitrogens with one attached hydrogen (secondary N) is 2. The average Bonchev–Trinajstić information content (AvgIpc) is 3.24. The van der Waals surface area contributed by atoms with E-state index in [9.17, 15) is 4.79 Å². The van der Waals surface area contributed by atoms with Crippen molar-refractivity contribution in [3.63, 3.8) is 0 Å².